The van der Waals surface area contributed by atoms with E-state index in [-0.39, 0.29) is 12.1 Å². The molecule has 0 aliphatic carbocycles. The zero-order valence-electron chi connectivity index (χ0n) is 19.0. The van der Waals surface area contributed by atoms with Gasteiger partial charge in [0.05, 0.1) is 20.3 Å². The van der Waals surface area contributed by atoms with Crippen LogP contribution in [0.15, 0.2) is 72.8 Å². The van der Waals surface area contributed by atoms with E-state index in [1.165, 1.54) is 7.11 Å². The zero-order valence-corrected chi connectivity index (χ0v) is 21.4. The van der Waals surface area contributed by atoms with Crippen LogP contribution in [0.25, 0.3) is 0 Å². The highest BCUT2D eigenvalue weighted by Gasteiger charge is 2.15. The Morgan fingerprint density at radius 1 is 0.912 bits per heavy atom. The number of carbonyl (C=O) groups is 1. The fourth-order valence-corrected chi connectivity index (χ4v) is 4.18. The predicted octanol–water partition coefficient (Wildman–Crippen LogP) is 7.02. The van der Waals surface area contributed by atoms with Crippen LogP contribution < -0.4 is 4.74 Å². The van der Waals surface area contributed by atoms with E-state index in [1.807, 2.05) is 72.8 Å². The van der Waals surface area contributed by atoms with Crippen molar-refractivity contribution in [3.05, 3.63) is 99.5 Å². The molecule has 3 aromatic rings. The van der Waals surface area contributed by atoms with Gasteiger partial charge in [-0.3, -0.25) is 4.79 Å². The van der Waals surface area contributed by atoms with Gasteiger partial charge in [0.1, 0.15) is 11.9 Å². The van der Waals surface area contributed by atoms with E-state index in [0.29, 0.717) is 36.1 Å². The number of esters is 1. The summed E-state index contributed by atoms with van der Waals surface area (Å²) in [5.41, 5.74) is 3.19. The maximum atomic E-state index is 11.2. The Balaban J connectivity index is 1.39. The van der Waals surface area contributed by atoms with Crippen molar-refractivity contribution in [2.45, 2.75) is 18.9 Å². The molecular formula is C27H28Cl2O4S. The minimum absolute atomic E-state index is 0.177. The first-order valence-electron chi connectivity index (χ1n) is 11.0. The van der Waals surface area contributed by atoms with Gasteiger partial charge >= 0.3 is 5.97 Å². The van der Waals surface area contributed by atoms with Crippen molar-refractivity contribution >= 4 is 40.9 Å². The molecule has 3 rings (SSSR count). The normalized spacial score (nSPS) is 10.9. The second kappa shape index (κ2) is 14.3. The van der Waals surface area contributed by atoms with Gasteiger partial charge in [-0.05, 0) is 59.5 Å². The average molecular weight is 521 g/mol. The van der Waals surface area contributed by atoms with Crippen LogP contribution in [0.1, 0.15) is 29.2 Å². The fourth-order valence-electron chi connectivity index (χ4n) is 3.31. The molecule has 0 aliphatic heterocycles. The maximum absolute atomic E-state index is 11.2. The van der Waals surface area contributed by atoms with Crippen molar-refractivity contribution < 1.29 is 19.0 Å². The van der Waals surface area contributed by atoms with Gasteiger partial charge in [0.25, 0.3) is 0 Å². The molecule has 0 unspecified atom stereocenters. The van der Waals surface area contributed by atoms with E-state index < -0.39 is 0 Å². The second-order valence-electron chi connectivity index (χ2n) is 7.53. The Morgan fingerprint density at radius 2 is 1.50 bits per heavy atom. The maximum Gasteiger partial charge on any atom is 0.305 e. The van der Waals surface area contributed by atoms with Crippen molar-refractivity contribution in [3.63, 3.8) is 0 Å². The van der Waals surface area contributed by atoms with Gasteiger partial charge in [-0.25, -0.2) is 0 Å². The number of carbonyl (C=O) groups excluding carboxylic acids is 1. The lowest BCUT2D eigenvalue weighted by Crippen LogP contribution is -2.09. The highest BCUT2D eigenvalue weighted by atomic mass is 35.5. The largest absolute Gasteiger partial charge is 0.493 e. The second-order valence-corrected chi connectivity index (χ2v) is 9.63. The third-order valence-corrected chi connectivity index (χ3v) is 6.54. The lowest BCUT2D eigenvalue weighted by molar-refractivity contribution is -0.140. The summed E-state index contributed by atoms with van der Waals surface area (Å²) in [6, 6.07) is 23.3. The number of halogens is 2. The number of aryl methyl sites for hydroxylation is 1. The van der Waals surface area contributed by atoms with Crippen LogP contribution in [0, 0.1) is 0 Å². The molecule has 0 saturated heterocycles. The number of thioether (sulfide) groups is 1. The van der Waals surface area contributed by atoms with Crippen molar-refractivity contribution in [2.24, 2.45) is 0 Å². The molecular weight excluding hydrogens is 493 g/mol. The van der Waals surface area contributed by atoms with E-state index in [2.05, 4.69) is 4.74 Å². The zero-order chi connectivity index (χ0) is 24.2. The summed E-state index contributed by atoms with van der Waals surface area (Å²) in [5.74, 6) is 2.34. The van der Waals surface area contributed by atoms with Crippen molar-refractivity contribution in [1.82, 2.24) is 0 Å². The van der Waals surface area contributed by atoms with Gasteiger partial charge in [0.2, 0.25) is 0 Å². The molecule has 0 fully saturated rings. The number of ether oxygens (including phenoxy) is 3. The van der Waals surface area contributed by atoms with Crippen LogP contribution in [0.3, 0.4) is 0 Å². The standard InChI is InChI=1S/C27H28Cl2O4S/c1-31-26(30)15-4-20-2-13-25(14-3-20)32-16-18-34-19-17-33-27(21-5-9-23(28)10-6-21)22-7-11-24(29)12-8-22/h2-3,5-14,27H,4,15-19H2,1H3/i16+2. The number of hydrogen-bond acceptors (Lipinski definition) is 5. The smallest absolute Gasteiger partial charge is 0.305 e. The van der Waals surface area contributed by atoms with Gasteiger partial charge in [-0.15, -0.1) is 0 Å². The SMILES string of the molecule is COC(=O)CCc1ccc(O[14CH2]CSCCOC(c2ccc(Cl)cc2)c2ccc(Cl)cc2)cc1. The van der Waals surface area contributed by atoms with E-state index in [0.717, 1.165) is 33.9 Å². The lowest BCUT2D eigenvalue weighted by Gasteiger charge is -2.19. The van der Waals surface area contributed by atoms with E-state index in [9.17, 15) is 4.79 Å². The summed E-state index contributed by atoms with van der Waals surface area (Å²) in [7, 11) is 1.40. The molecule has 0 aliphatic rings. The summed E-state index contributed by atoms with van der Waals surface area (Å²) >= 11 is 13.9. The summed E-state index contributed by atoms with van der Waals surface area (Å²) in [6.07, 6.45) is 0.867. The number of hydrogen-bond donors (Lipinski definition) is 0. The Hall–Kier alpha value is -2.18. The molecule has 0 atom stereocenters. The van der Waals surface area contributed by atoms with Gasteiger partial charge in [0.15, 0.2) is 0 Å². The van der Waals surface area contributed by atoms with Crippen LogP contribution in [0.4, 0.5) is 0 Å². The van der Waals surface area contributed by atoms with Crippen LogP contribution in [-0.4, -0.2) is 37.8 Å². The molecule has 0 radical (unpaired) electrons. The first kappa shape index (κ1) is 26.4. The number of benzene rings is 3. The molecule has 180 valence electrons. The van der Waals surface area contributed by atoms with Crippen LogP contribution >= 0.6 is 35.0 Å². The molecule has 7 heteroatoms. The summed E-state index contributed by atoms with van der Waals surface area (Å²) < 4.78 is 16.7. The van der Waals surface area contributed by atoms with Crippen LogP contribution in [0.5, 0.6) is 5.75 Å². The van der Waals surface area contributed by atoms with Crippen molar-refractivity contribution in [2.75, 3.05) is 31.8 Å². The highest BCUT2D eigenvalue weighted by molar-refractivity contribution is 7.99. The topological polar surface area (TPSA) is 44.8 Å². The van der Waals surface area contributed by atoms with E-state index in [1.54, 1.807) is 11.8 Å². The number of methoxy groups -OCH3 is 1. The first-order valence-corrected chi connectivity index (χ1v) is 12.9. The van der Waals surface area contributed by atoms with Gasteiger partial charge in [-0.2, -0.15) is 11.8 Å². The first-order chi connectivity index (χ1) is 16.5. The molecule has 0 N–H and O–H groups in total. The molecule has 0 amide bonds. The minimum Gasteiger partial charge on any atom is -0.493 e. The molecule has 0 saturated carbocycles. The summed E-state index contributed by atoms with van der Waals surface area (Å²) in [4.78, 5) is 11.2. The fraction of sp³-hybridized carbons (Fsp3) is 0.296. The molecule has 0 heterocycles. The molecule has 0 bridgehead atoms. The molecule has 0 spiro atoms. The monoisotopic (exact) mass is 520 g/mol. The quantitative estimate of drug-likeness (QED) is 0.179. The van der Waals surface area contributed by atoms with Crippen molar-refractivity contribution in [1.29, 1.82) is 0 Å². The number of rotatable bonds is 13. The highest BCUT2D eigenvalue weighted by Crippen LogP contribution is 2.28. The summed E-state index contributed by atoms with van der Waals surface area (Å²) in [5, 5.41) is 1.40. The Morgan fingerprint density at radius 3 is 2.06 bits per heavy atom. The van der Waals surface area contributed by atoms with Crippen LogP contribution in [0.2, 0.25) is 10.0 Å². The predicted molar refractivity (Wildman–Crippen MR) is 140 cm³/mol. The molecule has 34 heavy (non-hydrogen) atoms. The van der Waals surface area contributed by atoms with Gasteiger partial charge < -0.3 is 14.2 Å². The Labute approximate surface area is 215 Å². The third kappa shape index (κ3) is 8.88. The van der Waals surface area contributed by atoms with Crippen molar-refractivity contribution in [3.8, 4) is 5.75 Å². The van der Waals surface area contributed by atoms with E-state index in [4.69, 9.17) is 32.7 Å². The van der Waals surface area contributed by atoms with E-state index >= 15 is 0 Å². The average Bonchev–Trinajstić information content (AvgIpc) is 2.86. The minimum atomic E-state index is -0.200. The molecule has 4 nitrogen and oxygen atoms in total. The molecule has 0 aromatic heterocycles. The lowest BCUT2D eigenvalue weighted by atomic mass is 10.0. The van der Waals surface area contributed by atoms with Gasteiger partial charge in [0, 0.05) is 28.0 Å². The van der Waals surface area contributed by atoms with Crippen LogP contribution in [-0.2, 0) is 20.7 Å². The Kier molecular flexibility index (Phi) is 11.1. The summed E-state index contributed by atoms with van der Waals surface area (Å²) in [6.45, 7) is 1.22. The molecule has 3 aromatic carbocycles. The Bertz CT molecular complexity index is 963. The van der Waals surface area contributed by atoms with Gasteiger partial charge in [-0.1, -0.05) is 59.6 Å². The third-order valence-electron chi connectivity index (χ3n) is 5.12.